The zero-order valence-corrected chi connectivity index (χ0v) is 16.2. The summed E-state index contributed by atoms with van der Waals surface area (Å²) in [5.74, 6) is -0.809. The molecule has 1 atom stereocenters. The van der Waals surface area contributed by atoms with Crippen molar-refractivity contribution in [1.82, 2.24) is 4.90 Å². The highest BCUT2D eigenvalue weighted by molar-refractivity contribution is 5.86. The molecule has 1 rings (SSSR count). The molecule has 1 aromatic rings. The Bertz CT molecular complexity index is 614. The molecule has 0 aliphatic heterocycles. The fourth-order valence-corrected chi connectivity index (χ4v) is 2.61. The first-order chi connectivity index (χ1) is 11.2. The van der Waals surface area contributed by atoms with Gasteiger partial charge in [-0.25, -0.2) is 4.79 Å². The highest BCUT2D eigenvalue weighted by Crippen LogP contribution is 2.17. The number of likely N-dealkylation sites (N-methyl/N-ethyl adjacent to an activating group) is 1. The highest BCUT2D eigenvalue weighted by atomic mass is 35.5. The van der Waals surface area contributed by atoms with E-state index in [2.05, 4.69) is 0 Å². The lowest BCUT2D eigenvalue weighted by molar-refractivity contribution is -0.134. The van der Waals surface area contributed by atoms with Gasteiger partial charge in [-0.2, -0.15) is 0 Å². The predicted molar refractivity (Wildman–Crippen MR) is 104 cm³/mol. The summed E-state index contributed by atoms with van der Waals surface area (Å²) in [6, 6.07) is 7.43. The Balaban J connectivity index is 0.00000576. The molecule has 0 saturated heterocycles. The summed E-state index contributed by atoms with van der Waals surface area (Å²) in [6.45, 7) is 5.50. The third kappa shape index (κ3) is 7.18. The number of amides is 1. The Kier molecular flexibility index (Phi) is 9.91. The van der Waals surface area contributed by atoms with Gasteiger partial charge in [0.15, 0.2) is 0 Å². The van der Waals surface area contributed by atoms with Crippen LogP contribution in [0.25, 0.3) is 0 Å². The maximum absolute atomic E-state index is 12.4. The molecule has 5 nitrogen and oxygen atoms in total. The molecule has 0 bridgehead atoms. The van der Waals surface area contributed by atoms with Crippen molar-refractivity contribution in [3.63, 3.8) is 0 Å². The summed E-state index contributed by atoms with van der Waals surface area (Å²) >= 11 is 0. The van der Waals surface area contributed by atoms with Crippen molar-refractivity contribution in [3.05, 3.63) is 41.5 Å². The van der Waals surface area contributed by atoms with Crippen LogP contribution in [0.15, 0.2) is 35.9 Å². The van der Waals surface area contributed by atoms with Crippen molar-refractivity contribution in [2.45, 2.75) is 46.1 Å². The van der Waals surface area contributed by atoms with E-state index in [1.54, 1.807) is 24.9 Å². The van der Waals surface area contributed by atoms with E-state index >= 15 is 0 Å². The van der Waals surface area contributed by atoms with E-state index in [0.717, 1.165) is 17.7 Å². The molecule has 0 unspecified atom stereocenters. The molecule has 1 amide bonds. The van der Waals surface area contributed by atoms with Crippen LogP contribution in [0.2, 0.25) is 0 Å². The van der Waals surface area contributed by atoms with Crippen molar-refractivity contribution in [2.24, 2.45) is 5.92 Å². The molecule has 0 heterocycles. The highest BCUT2D eigenvalue weighted by Gasteiger charge is 2.22. The van der Waals surface area contributed by atoms with Crippen molar-refractivity contribution >= 4 is 30.0 Å². The van der Waals surface area contributed by atoms with Crippen LogP contribution < -0.4 is 5.73 Å². The van der Waals surface area contributed by atoms with Gasteiger partial charge in [0.1, 0.15) is 0 Å². The third-order valence-corrected chi connectivity index (χ3v) is 4.17. The average Bonchev–Trinajstić information content (AvgIpc) is 2.52. The van der Waals surface area contributed by atoms with Crippen molar-refractivity contribution in [1.29, 1.82) is 0 Å². The lowest BCUT2D eigenvalue weighted by Gasteiger charge is -2.29. The summed E-state index contributed by atoms with van der Waals surface area (Å²) in [6.07, 6.45) is 3.53. The summed E-state index contributed by atoms with van der Waals surface area (Å²) in [4.78, 5) is 25.1. The lowest BCUT2D eigenvalue weighted by Crippen LogP contribution is -2.39. The van der Waals surface area contributed by atoms with Crippen LogP contribution in [0.3, 0.4) is 0 Å². The molecule has 25 heavy (non-hydrogen) atoms. The fourth-order valence-electron chi connectivity index (χ4n) is 2.61. The maximum Gasteiger partial charge on any atom is 0.331 e. The topological polar surface area (TPSA) is 83.6 Å². The van der Waals surface area contributed by atoms with E-state index in [1.807, 2.05) is 38.1 Å². The van der Waals surface area contributed by atoms with Crippen molar-refractivity contribution in [2.75, 3.05) is 12.8 Å². The standard InChI is InChI=1S/C19H28N2O3.ClH/c1-13(2)17(12-14(3)19(23)24)21(4)18(22)11-7-9-15-8-5-6-10-16(15)20;/h5-6,8,10,12-13,17H,7,9,11,20H2,1-4H3,(H,23,24);1H/t17-;/m1./s1. The quantitative estimate of drug-likeness (QED) is 0.543. The molecule has 140 valence electrons. The zero-order chi connectivity index (χ0) is 18.3. The maximum atomic E-state index is 12.4. The summed E-state index contributed by atoms with van der Waals surface area (Å²) < 4.78 is 0. The lowest BCUT2D eigenvalue weighted by atomic mass is 9.99. The normalized spacial score (nSPS) is 12.4. The molecule has 0 aliphatic carbocycles. The first kappa shape index (κ1) is 23.0. The van der Waals surface area contributed by atoms with Gasteiger partial charge in [0.25, 0.3) is 0 Å². The van der Waals surface area contributed by atoms with E-state index in [9.17, 15) is 9.59 Å². The number of hydrogen-bond donors (Lipinski definition) is 2. The molecular formula is C19H29ClN2O3. The van der Waals surface area contributed by atoms with Crippen LogP contribution in [0.5, 0.6) is 0 Å². The van der Waals surface area contributed by atoms with Crippen molar-refractivity contribution in [3.8, 4) is 0 Å². The fraction of sp³-hybridized carbons (Fsp3) is 0.474. The van der Waals surface area contributed by atoms with Gasteiger partial charge in [-0.05, 0) is 37.3 Å². The zero-order valence-electron chi connectivity index (χ0n) is 15.4. The minimum atomic E-state index is -0.957. The number of hydrogen-bond acceptors (Lipinski definition) is 3. The number of benzene rings is 1. The van der Waals surface area contributed by atoms with Gasteiger partial charge in [-0.15, -0.1) is 12.4 Å². The minimum absolute atomic E-state index is 0. The second-order valence-electron chi connectivity index (χ2n) is 6.45. The number of anilines is 1. The molecule has 1 aromatic carbocycles. The number of rotatable bonds is 8. The number of aliphatic carboxylic acids is 1. The number of nitrogens with zero attached hydrogens (tertiary/aromatic N) is 1. The second kappa shape index (κ2) is 10.8. The molecule has 0 aromatic heterocycles. The molecule has 0 saturated carbocycles. The number of para-hydroxylation sites is 1. The van der Waals surface area contributed by atoms with Crippen LogP contribution in [0.1, 0.15) is 39.2 Å². The number of nitrogens with two attached hydrogens (primary N) is 1. The smallest absolute Gasteiger partial charge is 0.331 e. The van der Waals surface area contributed by atoms with Crippen molar-refractivity contribution < 1.29 is 14.7 Å². The van der Waals surface area contributed by atoms with Gasteiger partial charge in [-0.1, -0.05) is 38.1 Å². The minimum Gasteiger partial charge on any atom is -0.478 e. The van der Waals surface area contributed by atoms with E-state index < -0.39 is 5.97 Å². The Morgan fingerprint density at radius 2 is 1.88 bits per heavy atom. The van der Waals surface area contributed by atoms with E-state index in [-0.39, 0.29) is 35.8 Å². The largest absolute Gasteiger partial charge is 0.478 e. The summed E-state index contributed by atoms with van der Waals surface area (Å²) in [5.41, 5.74) is 7.96. The molecule has 0 aliphatic rings. The van der Waals surface area contributed by atoms with E-state index in [1.165, 1.54) is 0 Å². The monoisotopic (exact) mass is 368 g/mol. The van der Waals surface area contributed by atoms with Crippen LogP contribution in [0, 0.1) is 5.92 Å². The van der Waals surface area contributed by atoms with Crippen LogP contribution in [-0.2, 0) is 16.0 Å². The molecule has 6 heteroatoms. The molecule has 3 N–H and O–H groups in total. The first-order valence-corrected chi connectivity index (χ1v) is 8.24. The number of carboxylic acid groups (broad SMARTS) is 1. The van der Waals surface area contributed by atoms with Crippen LogP contribution in [-0.4, -0.2) is 35.0 Å². The number of halogens is 1. The summed E-state index contributed by atoms with van der Waals surface area (Å²) in [7, 11) is 1.73. The third-order valence-electron chi connectivity index (χ3n) is 4.17. The average molecular weight is 369 g/mol. The van der Waals surface area contributed by atoms with Gasteiger partial charge in [0.05, 0.1) is 6.04 Å². The van der Waals surface area contributed by atoms with Crippen LogP contribution >= 0.6 is 12.4 Å². The van der Waals surface area contributed by atoms with E-state index in [0.29, 0.717) is 12.8 Å². The Morgan fingerprint density at radius 1 is 1.28 bits per heavy atom. The predicted octanol–water partition coefficient (Wildman–Crippen LogP) is 3.53. The Labute approximate surface area is 156 Å². The molecule has 0 spiro atoms. The van der Waals surface area contributed by atoms with E-state index in [4.69, 9.17) is 10.8 Å². The SMILES string of the molecule is CC(=C[C@H](C(C)C)N(C)C(=O)CCCc1ccccc1N)C(=O)O.Cl. The molecular weight excluding hydrogens is 340 g/mol. The second-order valence-corrected chi connectivity index (χ2v) is 6.45. The van der Waals surface area contributed by atoms with Gasteiger partial charge in [0.2, 0.25) is 5.91 Å². The molecule has 0 radical (unpaired) electrons. The van der Waals surface area contributed by atoms with Gasteiger partial charge >= 0.3 is 5.97 Å². The van der Waals surface area contributed by atoms with Gasteiger partial charge in [0, 0.05) is 24.7 Å². The Hall–Kier alpha value is -2.01. The number of carbonyl (C=O) groups excluding carboxylic acids is 1. The number of nitrogen functional groups attached to an aromatic ring is 1. The number of aryl methyl sites for hydroxylation is 1. The Morgan fingerprint density at radius 3 is 2.40 bits per heavy atom. The summed E-state index contributed by atoms with van der Waals surface area (Å²) in [5, 5.41) is 9.04. The first-order valence-electron chi connectivity index (χ1n) is 8.24. The van der Waals surface area contributed by atoms with Gasteiger partial charge in [-0.3, -0.25) is 4.79 Å². The van der Waals surface area contributed by atoms with Crippen LogP contribution in [0.4, 0.5) is 5.69 Å². The molecule has 0 fully saturated rings. The van der Waals surface area contributed by atoms with Gasteiger partial charge < -0.3 is 15.7 Å². The number of carbonyl (C=O) groups is 2. The number of carboxylic acids is 1.